The largest absolute Gasteiger partial charge is 0.340 e. The first-order chi connectivity index (χ1) is 13.2. The topological polar surface area (TPSA) is 86.8 Å². The molecule has 3 aromatic rings. The van der Waals surface area contributed by atoms with E-state index in [9.17, 15) is 4.79 Å². The molecule has 0 saturated carbocycles. The van der Waals surface area contributed by atoms with Crippen molar-refractivity contribution < 1.29 is 4.79 Å². The third-order valence-corrected chi connectivity index (χ3v) is 4.95. The highest BCUT2D eigenvalue weighted by atomic mass is 16.2. The minimum absolute atomic E-state index is 0.0122. The Bertz CT molecular complexity index is 887. The summed E-state index contributed by atoms with van der Waals surface area (Å²) in [7, 11) is 0. The van der Waals surface area contributed by atoms with Crippen LogP contribution in [0.15, 0.2) is 36.7 Å². The van der Waals surface area contributed by atoms with Gasteiger partial charge in [0, 0.05) is 31.9 Å². The predicted molar refractivity (Wildman–Crippen MR) is 103 cm³/mol. The minimum atomic E-state index is -0.0488. The van der Waals surface area contributed by atoms with Crippen LogP contribution in [0.5, 0.6) is 0 Å². The number of aromatic nitrogens is 4. The van der Waals surface area contributed by atoms with Gasteiger partial charge in [-0.25, -0.2) is 19.7 Å². The lowest BCUT2D eigenvalue weighted by molar-refractivity contribution is 0.148. The molecule has 1 aliphatic heterocycles. The second kappa shape index (κ2) is 7.73. The first kappa shape index (κ1) is 17.5. The molecule has 1 unspecified atom stereocenters. The number of benzene rings is 1. The van der Waals surface area contributed by atoms with E-state index in [0.29, 0.717) is 13.0 Å². The number of nitrogens with one attached hydrogen (secondary N) is 2. The lowest BCUT2D eigenvalue weighted by Gasteiger charge is -2.34. The van der Waals surface area contributed by atoms with Gasteiger partial charge < -0.3 is 15.2 Å². The fourth-order valence-corrected chi connectivity index (χ4v) is 3.52. The van der Waals surface area contributed by atoms with Crippen molar-refractivity contribution in [2.24, 2.45) is 0 Å². The summed E-state index contributed by atoms with van der Waals surface area (Å²) in [6.45, 7) is 3.22. The Labute approximate surface area is 158 Å². The lowest BCUT2D eigenvalue weighted by Crippen LogP contribution is -2.45. The van der Waals surface area contributed by atoms with Gasteiger partial charge in [-0.1, -0.05) is 12.1 Å². The zero-order valence-electron chi connectivity index (χ0n) is 15.5. The first-order valence-electron chi connectivity index (χ1n) is 9.47. The van der Waals surface area contributed by atoms with E-state index in [1.54, 1.807) is 12.4 Å². The Balaban J connectivity index is 1.42. The summed E-state index contributed by atoms with van der Waals surface area (Å²) in [6.07, 6.45) is 7.26. The number of carbonyl (C=O) groups excluding carboxylic acids is 1. The van der Waals surface area contributed by atoms with Crippen LogP contribution in [0, 0.1) is 6.92 Å². The van der Waals surface area contributed by atoms with Crippen molar-refractivity contribution in [3.8, 4) is 0 Å². The summed E-state index contributed by atoms with van der Waals surface area (Å²) in [5.74, 6) is 1.61. The number of carbonyl (C=O) groups is 1. The van der Waals surface area contributed by atoms with Gasteiger partial charge >= 0.3 is 6.03 Å². The standard InChI is InChI=1S/C20H24N6O/c1-14-12-22-18(23-13-14)9-10-21-20(27)26-11-5-4-8-17(26)19-24-15-6-2-3-7-16(15)25-19/h2-3,6-7,12-13,17H,4-5,8-11H2,1H3,(H,21,27)(H,24,25). The zero-order valence-corrected chi connectivity index (χ0v) is 15.5. The van der Waals surface area contributed by atoms with E-state index in [0.717, 1.165) is 54.1 Å². The quantitative estimate of drug-likeness (QED) is 0.744. The van der Waals surface area contributed by atoms with Gasteiger partial charge in [-0.15, -0.1) is 0 Å². The zero-order chi connectivity index (χ0) is 18.6. The highest BCUT2D eigenvalue weighted by molar-refractivity contribution is 5.76. The molecule has 1 saturated heterocycles. The molecule has 1 aromatic carbocycles. The highest BCUT2D eigenvalue weighted by Gasteiger charge is 2.30. The second-order valence-corrected chi connectivity index (χ2v) is 7.00. The molecular formula is C20H24N6O. The summed E-state index contributed by atoms with van der Waals surface area (Å²) in [5, 5.41) is 3.01. The van der Waals surface area contributed by atoms with E-state index in [1.165, 1.54) is 0 Å². The number of amides is 2. The number of fused-ring (bicyclic) bond motifs is 1. The number of aryl methyl sites for hydroxylation is 1. The number of H-pyrrole nitrogens is 1. The van der Waals surface area contributed by atoms with E-state index in [1.807, 2.05) is 36.1 Å². The number of hydrogen-bond acceptors (Lipinski definition) is 4. The summed E-state index contributed by atoms with van der Waals surface area (Å²) < 4.78 is 0. The molecule has 2 N–H and O–H groups in total. The number of imidazole rings is 1. The molecule has 0 radical (unpaired) electrons. The predicted octanol–water partition coefficient (Wildman–Crippen LogP) is 3.14. The van der Waals surface area contributed by atoms with Gasteiger partial charge in [-0.3, -0.25) is 0 Å². The van der Waals surface area contributed by atoms with Gasteiger partial charge in [0.1, 0.15) is 11.6 Å². The van der Waals surface area contributed by atoms with Crippen LogP contribution < -0.4 is 5.32 Å². The number of piperidine rings is 1. The Morgan fingerprint density at radius 2 is 2.07 bits per heavy atom. The average Bonchev–Trinajstić information content (AvgIpc) is 3.13. The third kappa shape index (κ3) is 3.92. The smallest absolute Gasteiger partial charge is 0.318 e. The first-order valence-corrected chi connectivity index (χ1v) is 9.47. The molecule has 3 heterocycles. The van der Waals surface area contributed by atoms with Crippen molar-refractivity contribution in [1.29, 1.82) is 0 Å². The molecule has 2 aromatic heterocycles. The number of para-hydroxylation sites is 2. The fraction of sp³-hybridized carbons (Fsp3) is 0.400. The van der Waals surface area contributed by atoms with Gasteiger partial charge in [-0.2, -0.15) is 0 Å². The van der Waals surface area contributed by atoms with Gasteiger partial charge in [0.25, 0.3) is 0 Å². The number of urea groups is 1. The van der Waals surface area contributed by atoms with Crippen molar-refractivity contribution in [2.45, 2.75) is 38.6 Å². The number of nitrogens with zero attached hydrogens (tertiary/aromatic N) is 4. The minimum Gasteiger partial charge on any atom is -0.340 e. The molecule has 140 valence electrons. The average molecular weight is 364 g/mol. The van der Waals surface area contributed by atoms with Gasteiger partial charge in [0.05, 0.1) is 17.1 Å². The third-order valence-electron chi connectivity index (χ3n) is 4.95. The number of hydrogen-bond donors (Lipinski definition) is 2. The fourth-order valence-electron chi connectivity index (χ4n) is 3.52. The number of likely N-dealkylation sites (tertiary alicyclic amines) is 1. The second-order valence-electron chi connectivity index (χ2n) is 7.00. The molecule has 27 heavy (non-hydrogen) atoms. The lowest BCUT2D eigenvalue weighted by atomic mass is 10.0. The molecular weight excluding hydrogens is 340 g/mol. The van der Waals surface area contributed by atoms with Crippen molar-refractivity contribution >= 4 is 17.1 Å². The maximum atomic E-state index is 12.8. The maximum absolute atomic E-state index is 12.8. The molecule has 2 amide bonds. The Morgan fingerprint density at radius 3 is 2.89 bits per heavy atom. The summed E-state index contributed by atoms with van der Waals surface area (Å²) in [4.78, 5) is 31.3. The Kier molecular flexibility index (Phi) is 5.00. The normalized spacial score (nSPS) is 17.2. The van der Waals surface area contributed by atoms with E-state index in [-0.39, 0.29) is 12.1 Å². The summed E-state index contributed by atoms with van der Waals surface area (Å²) >= 11 is 0. The SMILES string of the molecule is Cc1cnc(CCNC(=O)N2CCCCC2c2nc3ccccc3[nH]2)nc1. The van der Waals surface area contributed by atoms with Crippen LogP contribution in [0.25, 0.3) is 11.0 Å². The monoisotopic (exact) mass is 364 g/mol. The van der Waals surface area contributed by atoms with Crippen LogP contribution in [-0.4, -0.2) is 44.0 Å². The van der Waals surface area contributed by atoms with Crippen molar-refractivity contribution in [2.75, 3.05) is 13.1 Å². The molecule has 1 aliphatic rings. The molecule has 1 atom stereocenters. The van der Waals surface area contributed by atoms with Crippen molar-refractivity contribution in [3.63, 3.8) is 0 Å². The summed E-state index contributed by atoms with van der Waals surface area (Å²) in [6, 6.07) is 7.91. The van der Waals surface area contributed by atoms with E-state index < -0.39 is 0 Å². The van der Waals surface area contributed by atoms with Gasteiger partial charge in [0.2, 0.25) is 0 Å². The van der Waals surface area contributed by atoms with E-state index >= 15 is 0 Å². The van der Waals surface area contributed by atoms with Crippen LogP contribution in [0.3, 0.4) is 0 Å². The van der Waals surface area contributed by atoms with Crippen LogP contribution in [0.2, 0.25) is 0 Å². The number of aromatic amines is 1. The van der Waals surface area contributed by atoms with Crippen molar-refractivity contribution in [3.05, 3.63) is 53.9 Å². The van der Waals surface area contributed by atoms with E-state index in [4.69, 9.17) is 4.98 Å². The van der Waals surface area contributed by atoms with Crippen LogP contribution in [-0.2, 0) is 6.42 Å². The molecule has 4 rings (SSSR count). The van der Waals surface area contributed by atoms with Crippen LogP contribution in [0.4, 0.5) is 4.79 Å². The summed E-state index contributed by atoms with van der Waals surface area (Å²) in [5.41, 5.74) is 2.98. The molecule has 0 aliphatic carbocycles. The van der Waals surface area contributed by atoms with Gasteiger partial charge in [0.15, 0.2) is 0 Å². The highest BCUT2D eigenvalue weighted by Crippen LogP contribution is 2.30. The van der Waals surface area contributed by atoms with Crippen LogP contribution >= 0.6 is 0 Å². The molecule has 0 bridgehead atoms. The van der Waals surface area contributed by atoms with Crippen LogP contribution in [0.1, 0.15) is 42.5 Å². The molecule has 0 spiro atoms. The molecule has 7 heteroatoms. The Hall–Kier alpha value is -2.96. The molecule has 1 fully saturated rings. The Morgan fingerprint density at radius 1 is 1.26 bits per heavy atom. The van der Waals surface area contributed by atoms with Gasteiger partial charge in [-0.05, 0) is 43.9 Å². The molecule has 7 nitrogen and oxygen atoms in total. The number of rotatable bonds is 4. The van der Waals surface area contributed by atoms with E-state index in [2.05, 4.69) is 20.3 Å². The van der Waals surface area contributed by atoms with Crippen molar-refractivity contribution in [1.82, 2.24) is 30.2 Å². The maximum Gasteiger partial charge on any atom is 0.318 e.